The Morgan fingerprint density at radius 1 is 0.288 bits per heavy atom. The van der Waals surface area contributed by atoms with E-state index in [4.69, 9.17) is 37.9 Å². The average Bonchev–Trinajstić information content (AvgIpc) is 1.51. The van der Waals surface area contributed by atoms with Crippen LogP contribution in [0.4, 0.5) is 0 Å². The molecular weight excluding hydrogens is 1300 g/mol. The second-order valence-electron chi connectivity index (χ2n) is 39.6. The summed E-state index contributed by atoms with van der Waals surface area (Å²) in [5, 5.41) is 21.4. The first-order chi connectivity index (χ1) is 48.7. The number of benzene rings is 4. The Morgan fingerprint density at radius 2 is 0.519 bits per heavy atom. The summed E-state index contributed by atoms with van der Waals surface area (Å²) < 4.78 is 45.4. The predicted molar refractivity (Wildman–Crippen MR) is 414 cm³/mol. The van der Waals surface area contributed by atoms with Crippen molar-refractivity contribution in [1.82, 2.24) is 0 Å². The van der Waals surface area contributed by atoms with Gasteiger partial charge in [-0.1, -0.05) is 111 Å². The molecule has 0 unspecified atom stereocenters. The lowest BCUT2D eigenvalue weighted by Gasteiger charge is -2.62. The van der Waals surface area contributed by atoms with Crippen LogP contribution in [0.15, 0.2) is 48.5 Å². The summed E-state index contributed by atoms with van der Waals surface area (Å²) in [4.78, 5) is 25.3. The number of ketones is 2. The van der Waals surface area contributed by atoms with Gasteiger partial charge in [0.05, 0.1) is 69.1 Å². The highest BCUT2D eigenvalue weighted by atomic mass is 16.5. The van der Waals surface area contributed by atoms with Crippen LogP contribution in [0.1, 0.15) is 258 Å². The van der Waals surface area contributed by atoms with E-state index in [0.717, 1.165) is 149 Å². The molecule has 8 saturated carbocycles. The highest BCUT2D eigenvalue weighted by molar-refractivity contribution is 5.86. The van der Waals surface area contributed by atoms with E-state index in [1.54, 1.807) is 56.9 Å². The SMILES string of the molecule is COc1cc2c(c(OC)c1)[C@@]1(C)CC[C@@H]3C(C)(C)C(=O)CC[C@@]3(C)[C@@H]1C2.COc1cc2c(c(OC)c1)[C@@]1(C)CC[C@@H]3C(C)(C)[C@H](O)CC[C@@]3(C)[C@@H]1C2.COc1cc2c(c(OC)c1)[C@]1(C)CC[C@H]3C(C)(C)C(=O)CC[C@]3(C)[C@H]1C2.COc1cc2c(c(OC)c1)[C@]1(C)CC[C@H]3C(C)(C)[C@@H](O)CC[C@]3(C)[C@H]1C2. The van der Waals surface area contributed by atoms with Crippen molar-refractivity contribution in [3.63, 3.8) is 0 Å². The van der Waals surface area contributed by atoms with Gasteiger partial charge in [-0.05, 0) is 242 Å². The van der Waals surface area contributed by atoms with E-state index in [-0.39, 0.29) is 77.2 Å². The minimum Gasteiger partial charge on any atom is -0.497 e. The van der Waals surface area contributed by atoms with Gasteiger partial charge >= 0.3 is 0 Å². The average molecular weight is 1430 g/mol. The molecule has 104 heavy (non-hydrogen) atoms. The molecule has 0 spiro atoms. The molecule has 12 nitrogen and oxygen atoms in total. The Morgan fingerprint density at radius 3 is 0.750 bits per heavy atom. The van der Waals surface area contributed by atoms with Gasteiger partial charge in [0.2, 0.25) is 0 Å². The summed E-state index contributed by atoms with van der Waals surface area (Å²) in [5.74, 6) is 12.7. The van der Waals surface area contributed by atoms with Crippen molar-refractivity contribution in [2.75, 3.05) is 56.9 Å². The number of methoxy groups -OCH3 is 8. The van der Waals surface area contributed by atoms with Gasteiger partial charge < -0.3 is 48.1 Å². The molecule has 2 N–H and O–H groups in total. The fourth-order valence-corrected chi connectivity index (χ4v) is 28.6. The summed E-state index contributed by atoms with van der Waals surface area (Å²) in [6.45, 7) is 37.6. The summed E-state index contributed by atoms with van der Waals surface area (Å²) in [6, 6.07) is 17.0. The van der Waals surface area contributed by atoms with Gasteiger partial charge in [0, 0.05) is 91.9 Å². The second-order valence-corrected chi connectivity index (χ2v) is 39.6. The smallest absolute Gasteiger partial charge is 0.138 e. The molecule has 0 bridgehead atoms. The molecule has 12 heteroatoms. The standard InChI is InChI=1S/2C23H34O3.2C23H32O3/c4*1-21(2)17-7-9-23(4)18(22(17,3)10-8-19(21)24)12-14-11-15(25-5)13-16(26-6)20(14)23/h2*11,13,17-19,24H,7-10,12H2,1-6H3;2*11,13,17-18H,7-10,12H2,1-6H3/t2*17-,18+,19-,22-,23+;2*17-,18+,22-,23+/m1010/s1. The maximum atomic E-state index is 12.7. The molecule has 4 aromatic rings. The summed E-state index contributed by atoms with van der Waals surface area (Å²) >= 11 is 0. The van der Waals surface area contributed by atoms with Crippen molar-refractivity contribution >= 4 is 11.6 Å². The zero-order valence-corrected chi connectivity index (χ0v) is 68.5. The number of ether oxygens (including phenoxy) is 8. The molecule has 0 amide bonds. The summed E-state index contributed by atoms with van der Waals surface area (Å²) in [5.41, 5.74) is 12.2. The zero-order chi connectivity index (χ0) is 75.6. The molecule has 0 aromatic heterocycles. The molecule has 12 aliphatic carbocycles. The summed E-state index contributed by atoms with van der Waals surface area (Å²) in [6.07, 6.45) is 20.8. The largest absolute Gasteiger partial charge is 0.497 e. The van der Waals surface area contributed by atoms with Crippen molar-refractivity contribution in [3.8, 4) is 46.0 Å². The first-order valence-corrected chi connectivity index (χ1v) is 40.2. The number of rotatable bonds is 8. The molecule has 18 atom stereocenters. The molecule has 0 saturated heterocycles. The van der Waals surface area contributed by atoms with Crippen LogP contribution in [0.25, 0.3) is 0 Å². The molecule has 0 heterocycles. The molecule has 12 aliphatic rings. The number of hydrogen-bond acceptors (Lipinski definition) is 12. The molecule has 16 rings (SSSR count). The Kier molecular flexibility index (Phi) is 19.3. The maximum absolute atomic E-state index is 12.7. The number of hydrogen-bond donors (Lipinski definition) is 2. The van der Waals surface area contributed by atoms with E-state index < -0.39 is 0 Å². The van der Waals surface area contributed by atoms with E-state index in [1.165, 1.54) is 70.2 Å². The fraction of sp³-hybridized carbons (Fsp3) is 0.717. The van der Waals surface area contributed by atoms with Gasteiger partial charge in [0.15, 0.2) is 0 Å². The Balaban J connectivity index is 0.000000123. The third-order valence-electron chi connectivity index (χ3n) is 34.1. The van der Waals surface area contributed by atoms with Gasteiger partial charge in [0.1, 0.15) is 57.6 Å². The van der Waals surface area contributed by atoms with Crippen molar-refractivity contribution in [2.24, 2.45) is 90.7 Å². The van der Waals surface area contributed by atoms with Crippen molar-refractivity contribution < 1.29 is 57.7 Å². The Bertz CT molecular complexity index is 3740. The van der Waals surface area contributed by atoms with Gasteiger partial charge in [-0.15, -0.1) is 0 Å². The topological polar surface area (TPSA) is 148 Å². The number of aliphatic hydroxyl groups is 2. The second kappa shape index (κ2) is 26.1. The van der Waals surface area contributed by atoms with Crippen molar-refractivity contribution in [1.29, 1.82) is 0 Å². The lowest BCUT2D eigenvalue weighted by molar-refractivity contribution is -0.152. The van der Waals surface area contributed by atoms with Crippen molar-refractivity contribution in [2.45, 2.75) is 273 Å². The van der Waals surface area contributed by atoms with Crippen LogP contribution < -0.4 is 37.9 Å². The molecule has 0 radical (unpaired) electrons. The van der Waals surface area contributed by atoms with Gasteiger partial charge in [-0.3, -0.25) is 9.59 Å². The highest BCUT2D eigenvalue weighted by Crippen LogP contribution is 2.74. The Hall–Kier alpha value is -5.46. The third-order valence-corrected chi connectivity index (χ3v) is 34.1. The first-order valence-electron chi connectivity index (χ1n) is 40.2. The van der Waals surface area contributed by atoms with Crippen LogP contribution in [0.3, 0.4) is 0 Å². The molecular formula is C92H132O12. The summed E-state index contributed by atoms with van der Waals surface area (Å²) in [7, 11) is 14.0. The predicted octanol–water partition coefficient (Wildman–Crippen LogP) is 19.3. The first kappa shape index (κ1) is 76.7. The zero-order valence-electron chi connectivity index (χ0n) is 68.5. The minimum atomic E-state index is -0.203. The van der Waals surface area contributed by atoms with Gasteiger partial charge in [-0.25, -0.2) is 0 Å². The van der Waals surface area contributed by atoms with Crippen LogP contribution >= 0.6 is 0 Å². The van der Waals surface area contributed by atoms with E-state index in [1.807, 2.05) is 12.1 Å². The lowest BCUT2D eigenvalue weighted by atomic mass is 9.43. The molecule has 8 fully saturated rings. The van der Waals surface area contributed by atoms with Crippen LogP contribution in [-0.2, 0) is 56.9 Å². The van der Waals surface area contributed by atoms with Crippen LogP contribution in [0.5, 0.6) is 46.0 Å². The minimum absolute atomic E-state index is 0.00905. The van der Waals surface area contributed by atoms with Crippen molar-refractivity contribution in [3.05, 3.63) is 93.0 Å². The number of Topliss-reactive ketones (excluding diaryl/α,β-unsaturated/α-hetero) is 2. The van der Waals surface area contributed by atoms with Gasteiger partial charge in [0.25, 0.3) is 0 Å². The lowest BCUT2D eigenvalue weighted by Crippen LogP contribution is -2.58. The molecule has 572 valence electrons. The molecule has 0 aliphatic heterocycles. The van der Waals surface area contributed by atoms with E-state index >= 15 is 0 Å². The van der Waals surface area contributed by atoms with Crippen LogP contribution in [-0.4, -0.2) is 90.9 Å². The number of aliphatic hydroxyl groups excluding tert-OH is 2. The van der Waals surface area contributed by atoms with Gasteiger partial charge in [-0.2, -0.15) is 0 Å². The normalized spacial score (nSPS) is 38.9. The van der Waals surface area contributed by atoms with Crippen LogP contribution in [0, 0.1) is 90.7 Å². The molecule has 4 aromatic carbocycles. The van der Waals surface area contributed by atoms with E-state index in [9.17, 15) is 19.8 Å². The third kappa shape index (κ3) is 11.0. The maximum Gasteiger partial charge on any atom is 0.138 e. The Labute approximate surface area is 625 Å². The monoisotopic (exact) mass is 1430 g/mol. The fourth-order valence-electron chi connectivity index (χ4n) is 28.6. The quantitative estimate of drug-likeness (QED) is 0.173. The van der Waals surface area contributed by atoms with E-state index in [2.05, 4.69) is 147 Å². The van der Waals surface area contributed by atoms with Crippen LogP contribution in [0.2, 0.25) is 0 Å². The number of fused-ring (bicyclic) bond motifs is 20. The number of carbonyl (C=O) groups is 2. The van der Waals surface area contributed by atoms with E-state index in [0.29, 0.717) is 58.9 Å². The number of carbonyl (C=O) groups excluding carboxylic acids is 2. The highest BCUT2D eigenvalue weighted by Gasteiger charge is 2.68.